The Bertz CT molecular complexity index is 399. The Morgan fingerprint density at radius 1 is 1.36 bits per heavy atom. The van der Waals surface area contributed by atoms with Crippen molar-refractivity contribution in [1.82, 2.24) is 5.32 Å². The fourth-order valence-electron chi connectivity index (χ4n) is 1.30. The molecule has 0 bridgehead atoms. The summed E-state index contributed by atoms with van der Waals surface area (Å²) in [4.78, 5) is 15.2. The first-order valence-electron chi connectivity index (χ1n) is 4.06. The lowest BCUT2D eigenvalue weighted by Crippen LogP contribution is -2.31. The topological polar surface area (TPSA) is 67.5 Å². The summed E-state index contributed by atoms with van der Waals surface area (Å²) < 4.78 is 12.6. The molecular weight excluding hydrogens is 185 g/mol. The van der Waals surface area contributed by atoms with Gasteiger partial charge in [0, 0.05) is 0 Å². The molecule has 1 aromatic rings. The Morgan fingerprint density at radius 2 is 2.00 bits per heavy atom. The van der Waals surface area contributed by atoms with E-state index < -0.39 is 6.04 Å². The fourth-order valence-corrected chi connectivity index (χ4v) is 1.30. The van der Waals surface area contributed by atoms with Gasteiger partial charge in [-0.1, -0.05) is 12.1 Å². The molecule has 1 amide bonds. The largest absolute Gasteiger partial charge is 0.370 e. The quantitative estimate of drug-likeness (QED) is 0.674. The van der Waals surface area contributed by atoms with Crippen molar-refractivity contribution in [3.05, 3.63) is 35.6 Å². The molecule has 1 atom stereocenters. The number of nitrogens with two attached hydrogens (primary N) is 1. The van der Waals surface area contributed by atoms with Gasteiger partial charge in [-0.3, -0.25) is 10.1 Å². The van der Waals surface area contributed by atoms with E-state index in [-0.39, 0.29) is 17.7 Å². The van der Waals surface area contributed by atoms with Crippen molar-refractivity contribution >= 4 is 11.9 Å². The maximum absolute atomic E-state index is 12.6. The summed E-state index contributed by atoms with van der Waals surface area (Å²) in [5, 5.41) is 2.38. The lowest BCUT2D eigenvalue weighted by molar-refractivity contribution is -0.120. The van der Waals surface area contributed by atoms with Crippen LogP contribution < -0.4 is 11.1 Å². The number of rotatable bonds is 1. The smallest absolute Gasteiger partial charge is 0.256 e. The van der Waals surface area contributed by atoms with Crippen molar-refractivity contribution in [2.75, 3.05) is 0 Å². The van der Waals surface area contributed by atoms with Crippen molar-refractivity contribution in [2.45, 2.75) is 6.04 Å². The van der Waals surface area contributed by atoms with Crippen LogP contribution in [-0.4, -0.2) is 11.9 Å². The predicted octanol–water partition coefficient (Wildman–Crippen LogP) is 0.311. The highest BCUT2D eigenvalue weighted by molar-refractivity contribution is 6.04. The molecule has 1 aliphatic rings. The Kier molecular flexibility index (Phi) is 1.92. The molecule has 14 heavy (non-hydrogen) atoms. The molecule has 0 radical (unpaired) electrons. The molecule has 1 aliphatic heterocycles. The van der Waals surface area contributed by atoms with Crippen LogP contribution in [0, 0.1) is 5.82 Å². The molecule has 5 heteroatoms. The second kappa shape index (κ2) is 3.10. The van der Waals surface area contributed by atoms with Gasteiger partial charge < -0.3 is 5.73 Å². The van der Waals surface area contributed by atoms with Gasteiger partial charge in [0.2, 0.25) is 0 Å². The summed E-state index contributed by atoms with van der Waals surface area (Å²) in [5.74, 6) is -0.525. The third-order valence-electron chi connectivity index (χ3n) is 1.95. The molecule has 1 heterocycles. The highest BCUT2D eigenvalue weighted by atomic mass is 19.1. The number of nitrogens with one attached hydrogen (secondary N) is 1. The molecule has 0 saturated heterocycles. The van der Waals surface area contributed by atoms with Crippen molar-refractivity contribution in [1.29, 1.82) is 0 Å². The van der Waals surface area contributed by atoms with Crippen LogP contribution >= 0.6 is 0 Å². The number of benzene rings is 1. The summed E-state index contributed by atoms with van der Waals surface area (Å²) in [7, 11) is 0. The molecule has 2 rings (SSSR count). The van der Waals surface area contributed by atoms with Gasteiger partial charge in [0.25, 0.3) is 5.91 Å². The number of nitrogens with zero attached hydrogens (tertiary/aromatic N) is 1. The van der Waals surface area contributed by atoms with Crippen LogP contribution in [0.15, 0.2) is 29.3 Å². The van der Waals surface area contributed by atoms with Crippen LogP contribution in [0.4, 0.5) is 4.39 Å². The van der Waals surface area contributed by atoms with Gasteiger partial charge in [0.15, 0.2) is 12.0 Å². The van der Waals surface area contributed by atoms with Gasteiger partial charge in [-0.2, -0.15) is 0 Å². The molecule has 4 nitrogen and oxygen atoms in total. The van der Waals surface area contributed by atoms with E-state index in [9.17, 15) is 9.18 Å². The van der Waals surface area contributed by atoms with E-state index >= 15 is 0 Å². The van der Waals surface area contributed by atoms with E-state index in [4.69, 9.17) is 5.73 Å². The standard InChI is InChI=1S/C9H8FN3O/c10-6-3-1-5(2-4-6)7-8(14)13-9(11)12-7/h1-4,7H,(H3,11,12,13,14). The van der Waals surface area contributed by atoms with E-state index in [2.05, 4.69) is 10.3 Å². The van der Waals surface area contributed by atoms with E-state index in [0.29, 0.717) is 5.56 Å². The van der Waals surface area contributed by atoms with Gasteiger partial charge in [0.1, 0.15) is 5.82 Å². The molecule has 3 N–H and O–H groups in total. The second-order valence-corrected chi connectivity index (χ2v) is 2.96. The average molecular weight is 193 g/mol. The first kappa shape index (κ1) is 8.68. The lowest BCUT2D eigenvalue weighted by Gasteiger charge is -2.03. The number of aliphatic imine (C=N–C) groups is 1. The van der Waals surface area contributed by atoms with E-state index in [1.807, 2.05) is 0 Å². The molecule has 0 aromatic heterocycles. The fraction of sp³-hybridized carbons (Fsp3) is 0.111. The minimum absolute atomic E-state index is 0.101. The molecule has 1 unspecified atom stereocenters. The second-order valence-electron chi connectivity index (χ2n) is 2.96. The zero-order valence-electron chi connectivity index (χ0n) is 7.20. The van der Waals surface area contributed by atoms with Crippen LogP contribution in [0.1, 0.15) is 11.6 Å². The molecule has 0 saturated carbocycles. The van der Waals surface area contributed by atoms with E-state index in [0.717, 1.165) is 0 Å². The third-order valence-corrected chi connectivity index (χ3v) is 1.95. The minimum Gasteiger partial charge on any atom is -0.370 e. The summed E-state index contributed by atoms with van der Waals surface area (Å²) in [5.41, 5.74) is 5.96. The summed E-state index contributed by atoms with van der Waals surface area (Å²) in [6.07, 6.45) is 0. The van der Waals surface area contributed by atoms with E-state index in [1.165, 1.54) is 24.3 Å². The molecule has 0 aliphatic carbocycles. The Morgan fingerprint density at radius 3 is 2.50 bits per heavy atom. The van der Waals surface area contributed by atoms with Crippen LogP contribution in [0.5, 0.6) is 0 Å². The number of carbonyl (C=O) groups is 1. The third kappa shape index (κ3) is 1.44. The van der Waals surface area contributed by atoms with E-state index in [1.54, 1.807) is 0 Å². The highest BCUT2D eigenvalue weighted by Crippen LogP contribution is 2.20. The predicted molar refractivity (Wildman–Crippen MR) is 48.9 cm³/mol. The van der Waals surface area contributed by atoms with Gasteiger partial charge >= 0.3 is 0 Å². The van der Waals surface area contributed by atoms with Gasteiger partial charge in [-0.05, 0) is 17.7 Å². The number of amides is 1. The minimum atomic E-state index is -0.643. The molecular formula is C9H8FN3O. The summed E-state index contributed by atoms with van der Waals surface area (Å²) in [6, 6.07) is 4.96. The first-order valence-corrected chi connectivity index (χ1v) is 4.06. The summed E-state index contributed by atoms with van der Waals surface area (Å²) in [6.45, 7) is 0. The van der Waals surface area contributed by atoms with Gasteiger partial charge in [0.05, 0.1) is 0 Å². The first-order chi connectivity index (χ1) is 6.66. The average Bonchev–Trinajstić information content (AvgIpc) is 2.47. The van der Waals surface area contributed by atoms with Crippen LogP contribution in [0.3, 0.4) is 0 Å². The number of carbonyl (C=O) groups excluding carboxylic acids is 1. The van der Waals surface area contributed by atoms with Crippen molar-refractivity contribution in [3.63, 3.8) is 0 Å². The Labute approximate surface area is 79.6 Å². The molecule has 0 fully saturated rings. The van der Waals surface area contributed by atoms with Crippen molar-refractivity contribution < 1.29 is 9.18 Å². The van der Waals surface area contributed by atoms with Crippen LogP contribution in [-0.2, 0) is 4.79 Å². The maximum Gasteiger partial charge on any atom is 0.256 e. The summed E-state index contributed by atoms with van der Waals surface area (Å²) >= 11 is 0. The number of guanidine groups is 1. The highest BCUT2D eigenvalue weighted by Gasteiger charge is 2.26. The lowest BCUT2D eigenvalue weighted by atomic mass is 10.1. The Balaban J connectivity index is 2.32. The number of hydrogen-bond acceptors (Lipinski definition) is 3. The SMILES string of the molecule is NC1=NC(c2ccc(F)cc2)C(=O)N1. The maximum atomic E-state index is 12.6. The molecule has 0 spiro atoms. The Hall–Kier alpha value is -1.91. The van der Waals surface area contributed by atoms with Crippen molar-refractivity contribution in [3.8, 4) is 0 Å². The number of hydrogen-bond donors (Lipinski definition) is 2. The van der Waals surface area contributed by atoms with Crippen molar-refractivity contribution in [2.24, 2.45) is 10.7 Å². The zero-order chi connectivity index (χ0) is 10.1. The molecule has 72 valence electrons. The molecule has 1 aromatic carbocycles. The van der Waals surface area contributed by atoms with Gasteiger partial charge in [-0.25, -0.2) is 9.38 Å². The normalized spacial score (nSPS) is 20.5. The number of halogens is 1. The zero-order valence-corrected chi connectivity index (χ0v) is 7.20. The van der Waals surface area contributed by atoms with Gasteiger partial charge in [-0.15, -0.1) is 0 Å². The monoisotopic (exact) mass is 193 g/mol. The van der Waals surface area contributed by atoms with Crippen LogP contribution in [0.25, 0.3) is 0 Å². The van der Waals surface area contributed by atoms with Crippen LogP contribution in [0.2, 0.25) is 0 Å².